The molecule has 2 atom stereocenters. The van der Waals surface area contributed by atoms with Gasteiger partial charge in [0.25, 0.3) is 0 Å². The van der Waals surface area contributed by atoms with Crippen molar-refractivity contribution in [3.63, 3.8) is 0 Å². The van der Waals surface area contributed by atoms with Gasteiger partial charge < -0.3 is 9.84 Å². The van der Waals surface area contributed by atoms with Gasteiger partial charge in [-0.2, -0.15) is 0 Å². The molecule has 0 saturated heterocycles. The number of hydrogen-bond donors (Lipinski definition) is 1. The van der Waals surface area contributed by atoms with E-state index >= 15 is 0 Å². The Kier molecular flexibility index (Phi) is 5.10. The van der Waals surface area contributed by atoms with E-state index < -0.39 is 12.1 Å². The van der Waals surface area contributed by atoms with Gasteiger partial charge in [0.2, 0.25) is 0 Å². The molecule has 0 aliphatic carbocycles. The van der Waals surface area contributed by atoms with Gasteiger partial charge in [-0.3, -0.25) is 0 Å². The van der Waals surface area contributed by atoms with E-state index in [1.165, 1.54) is 12.1 Å². The molecule has 1 aromatic carbocycles. The van der Waals surface area contributed by atoms with Gasteiger partial charge in [0.05, 0.1) is 6.61 Å². The molecular weight excluding hydrogens is 223 g/mol. The molecule has 1 rings (SSSR count). The van der Waals surface area contributed by atoms with Gasteiger partial charge in [-0.1, -0.05) is 19.1 Å². The smallest absolute Gasteiger partial charge is 0.335 e. The van der Waals surface area contributed by atoms with Crippen LogP contribution in [0, 0.1) is 5.82 Å². The van der Waals surface area contributed by atoms with Crippen LogP contribution in [0.15, 0.2) is 24.3 Å². The zero-order valence-corrected chi connectivity index (χ0v) is 10.0. The van der Waals surface area contributed by atoms with Gasteiger partial charge in [0.15, 0.2) is 6.10 Å². The van der Waals surface area contributed by atoms with Crippen molar-refractivity contribution in [1.29, 1.82) is 0 Å². The van der Waals surface area contributed by atoms with Gasteiger partial charge in [-0.05, 0) is 31.0 Å². The average molecular weight is 240 g/mol. The van der Waals surface area contributed by atoms with Crippen molar-refractivity contribution in [2.45, 2.75) is 32.3 Å². The molecule has 0 heterocycles. The highest BCUT2D eigenvalue weighted by Crippen LogP contribution is 2.24. The van der Waals surface area contributed by atoms with Crippen LogP contribution in [-0.2, 0) is 9.53 Å². The maximum absolute atomic E-state index is 12.8. The molecule has 0 radical (unpaired) electrons. The Hall–Kier alpha value is -1.42. The number of benzene rings is 1. The van der Waals surface area contributed by atoms with Crippen molar-refractivity contribution in [3.8, 4) is 0 Å². The molecule has 0 aliphatic rings. The molecule has 2 unspecified atom stereocenters. The van der Waals surface area contributed by atoms with Crippen molar-refractivity contribution < 1.29 is 19.0 Å². The van der Waals surface area contributed by atoms with Gasteiger partial charge >= 0.3 is 5.97 Å². The van der Waals surface area contributed by atoms with E-state index in [1.807, 2.05) is 6.92 Å². The number of aliphatic hydroxyl groups is 1. The van der Waals surface area contributed by atoms with Crippen molar-refractivity contribution in [2.75, 3.05) is 6.61 Å². The molecule has 0 amide bonds. The molecule has 94 valence electrons. The minimum Gasteiger partial charge on any atom is -0.464 e. The number of aliphatic hydroxyl groups excluding tert-OH is 1. The standard InChI is InChI=1S/C13H17FO3/c1-3-11(12(15)13(16)17-4-2)9-5-7-10(14)8-6-9/h5-8,11-12,15H,3-4H2,1-2H3. The lowest BCUT2D eigenvalue weighted by Gasteiger charge is -2.20. The number of carbonyl (C=O) groups is 1. The Morgan fingerprint density at radius 1 is 1.35 bits per heavy atom. The first-order valence-corrected chi connectivity index (χ1v) is 5.70. The number of rotatable bonds is 5. The third kappa shape index (κ3) is 3.53. The van der Waals surface area contributed by atoms with Crippen molar-refractivity contribution >= 4 is 5.97 Å². The number of halogens is 1. The summed E-state index contributed by atoms with van der Waals surface area (Å²) in [5, 5.41) is 9.86. The average Bonchev–Trinajstić information content (AvgIpc) is 2.32. The normalized spacial score (nSPS) is 14.1. The van der Waals surface area contributed by atoms with Crippen LogP contribution in [-0.4, -0.2) is 23.8 Å². The van der Waals surface area contributed by atoms with Crippen LogP contribution in [0.5, 0.6) is 0 Å². The van der Waals surface area contributed by atoms with Crippen molar-refractivity contribution in [3.05, 3.63) is 35.6 Å². The lowest BCUT2D eigenvalue weighted by molar-refractivity contribution is -0.154. The summed E-state index contributed by atoms with van der Waals surface area (Å²) < 4.78 is 17.5. The molecule has 0 bridgehead atoms. The summed E-state index contributed by atoms with van der Waals surface area (Å²) in [7, 11) is 0. The number of esters is 1. The second kappa shape index (κ2) is 6.35. The topological polar surface area (TPSA) is 46.5 Å². The summed E-state index contributed by atoms with van der Waals surface area (Å²) in [5.41, 5.74) is 0.731. The molecule has 17 heavy (non-hydrogen) atoms. The second-order valence-corrected chi connectivity index (χ2v) is 3.76. The minimum absolute atomic E-state index is 0.232. The van der Waals surface area contributed by atoms with Gasteiger partial charge in [-0.25, -0.2) is 9.18 Å². The van der Waals surface area contributed by atoms with E-state index in [2.05, 4.69) is 0 Å². The fourth-order valence-corrected chi connectivity index (χ4v) is 1.74. The zero-order valence-electron chi connectivity index (χ0n) is 10.0. The first kappa shape index (κ1) is 13.6. The molecule has 1 N–H and O–H groups in total. The first-order valence-electron chi connectivity index (χ1n) is 5.70. The van der Waals surface area contributed by atoms with Gasteiger partial charge in [-0.15, -0.1) is 0 Å². The van der Waals surface area contributed by atoms with E-state index in [-0.39, 0.29) is 18.3 Å². The Morgan fingerprint density at radius 2 is 1.94 bits per heavy atom. The van der Waals surface area contributed by atoms with Crippen LogP contribution in [0.1, 0.15) is 31.7 Å². The third-order valence-corrected chi connectivity index (χ3v) is 2.65. The molecule has 0 aliphatic heterocycles. The van der Waals surface area contributed by atoms with E-state index in [9.17, 15) is 14.3 Å². The predicted molar refractivity (Wildman–Crippen MR) is 62.1 cm³/mol. The fourth-order valence-electron chi connectivity index (χ4n) is 1.74. The number of hydrogen-bond acceptors (Lipinski definition) is 3. The maximum atomic E-state index is 12.8. The quantitative estimate of drug-likeness (QED) is 0.803. The Morgan fingerprint density at radius 3 is 2.41 bits per heavy atom. The van der Waals surface area contributed by atoms with Crippen LogP contribution in [0.4, 0.5) is 4.39 Å². The van der Waals surface area contributed by atoms with Crippen LogP contribution >= 0.6 is 0 Å². The molecule has 4 heteroatoms. The molecule has 1 aromatic rings. The SMILES string of the molecule is CCOC(=O)C(O)C(CC)c1ccc(F)cc1. The van der Waals surface area contributed by atoms with Crippen molar-refractivity contribution in [2.24, 2.45) is 0 Å². The molecule has 0 saturated carbocycles. The predicted octanol–water partition coefficient (Wildman–Crippen LogP) is 2.24. The highest BCUT2D eigenvalue weighted by atomic mass is 19.1. The minimum atomic E-state index is -1.20. The lowest BCUT2D eigenvalue weighted by Crippen LogP contribution is -2.29. The number of carbonyl (C=O) groups excluding carboxylic acids is 1. The maximum Gasteiger partial charge on any atom is 0.335 e. The number of ether oxygens (including phenoxy) is 1. The van der Waals surface area contributed by atoms with Gasteiger partial charge in [0, 0.05) is 5.92 Å². The summed E-state index contributed by atoms with van der Waals surface area (Å²) in [6.07, 6.45) is -0.628. The molecule has 3 nitrogen and oxygen atoms in total. The second-order valence-electron chi connectivity index (χ2n) is 3.76. The largest absolute Gasteiger partial charge is 0.464 e. The van der Waals surface area contributed by atoms with Crippen LogP contribution < -0.4 is 0 Å². The summed E-state index contributed by atoms with van der Waals surface area (Å²) in [5.74, 6) is -1.34. The zero-order chi connectivity index (χ0) is 12.8. The van der Waals surface area contributed by atoms with E-state index in [0.717, 1.165) is 5.56 Å². The Labute approximate surface area is 100 Å². The van der Waals surface area contributed by atoms with Crippen LogP contribution in [0.2, 0.25) is 0 Å². The Balaban J connectivity index is 2.83. The molecule has 0 aromatic heterocycles. The van der Waals surface area contributed by atoms with Crippen LogP contribution in [0.25, 0.3) is 0 Å². The highest BCUT2D eigenvalue weighted by Gasteiger charge is 2.27. The van der Waals surface area contributed by atoms with Crippen molar-refractivity contribution in [1.82, 2.24) is 0 Å². The molecule has 0 fully saturated rings. The van der Waals surface area contributed by atoms with E-state index in [1.54, 1.807) is 19.1 Å². The summed E-state index contributed by atoms with van der Waals surface area (Å²) >= 11 is 0. The molecular formula is C13H17FO3. The fraction of sp³-hybridized carbons (Fsp3) is 0.462. The first-order chi connectivity index (χ1) is 8.10. The summed E-state index contributed by atoms with van der Waals surface area (Å²) in [6, 6.07) is 5.78. The Bertz CT molecular complexity index is 361. The third-order valence-electron chi connectivity index (χ3n) is 2.65. The van der Waals surface area contributed by atoms with Crippen LogP contribution in [0.3, 0.4) is 0 Å². The molecule has 0 spiro atoms. The summed E-state index contributed by atoms with van der Waals surface area (Å²) in [4.78, 5) is 11.4. The lowest BCUT2D eigenvalue weighted by atomic mass is 9.91. The monoisotopic (exact) mass is 240 g/mol. The van der Waals surface area contributed by atoms with E-state index in [4.69, 9.17) is 4.74 Å². The van der Waals surface area contributed by atoms with Gasteiger partial charge in [0.1, 0.15) is 5.82 Å². The summed E-state index contributed by atoms with van der Waals surface area (Å²) in [6.45, 7) is 3.77. The van der Waals surface area contributed by atoms with E-state index in [0.29, 0.717) is 6.42 Å². The highest BCUT2D eigenvalue weighted by molar-refractivity contribution is 5.75.